The predicted octanol–water partition coefficient (Wildman–Crippen LogP) is 4.31. The molecule has 0 bridgehead atoms. The summed E-state index contributed by atoms with van der Waals surface area (Å²) in [5, 5.41) is 3.07. The molecule has 0 fully saturated rings. The zero-order chi connectivity index (χ0) is 13.7. The zero-order valence-corrected chi connectivity index (χ0v) is 13.2. The molecule has 1 aromatic carbocycles. The van der Waals surface area contributed by atoms with Gasteiger partial charge in [-0.2, -0.15) is 0 Å². The molecule has 0 aliphatic carbocycles. The molecule has 0 saturated carbocycles. The number of amides is 1. The fourth-order valence-electron chi connectivity index (χ4n) is 1.97. The molecule has 2 unspecified atom stereocenters. The van der Waals surface area contributed by atoms with Crippen molar-refractivity contribution in [3.63, 3.8) is 0 Å². The lowest BCUT2D eigenvalue weighted by molar-refractivity contribution is 0.0934. The molecule has 0 aliphatic rings. The van der Waals surface area contributed by atoms with Crippen LogP contribution in [0.4, 0.5) is 0 Å². The van der Waals surface area contributed by atoms with Crippen molar-refractivity contribution >= 4 is 21.8 Å². The normalized spacial score (nSPS) is 14.1. The molecule has 0 heterocycles. The molecule has 3 heteroatoms. The van der Waals surface area contributed by atoms with E-state index in [0.717, 1.165) is 28.4 Å². The van der Waals surface area contributed by atoms with E-state index in [1.54, 1.807) is 0 Å². The molecular weight excluding hydrogens is 290 g/mol. The number of aryl methyl sites for hydroxylation is 1. The van der Waals surface area contributed by atoms with Crippen LogP contribution in [-0.2, 0) is 0 Å². The number of carbonyl (C=O) groups excluding carboxylic acids is 1. The number of nitrogens with one attached hydrogen (secondary N) is 1. The van der Waals surface area contributed by atoms with Gasteiger partial charge in [-0.1, -0.05) is 42.3 Å². The van der Waals surface area contributed by atoms with Crippen molar-refractivity contribution in [1.29, 1.82) is 0 Å². The molecule has 0 saturated heterocycles. The summed E-state index contributed by atoms with van der Waals surface area (Å²) in [6, 6.07) is 6.00. The number of halogens is 1. The smallest absolute Gasteiger partial charge is 0.251 e. The van der Waals surface area contributed by atoms with Gasteiger partial charge in [0.25, 0.3) is 5.91 Å². The van der Waals surface area contributed by atoms with E-state index in [2.05, 4.69) is 42.0 Å². The van der Waals surface area contributed by atoms with Gasteiger partial charge in [0.2, 0.25) is 0 Å². The number of benzene rings is 1. The van der Waals surface area contributed by atoms with E-state index in [9.17, 15) is 4.79 Å². The summed E-state index contributed by atoms with van der Waals surface area (Å²) in [6.45, 7) is 8.42. The van der Waals surface area contributed by atoms with Crippen LogP contribution in [0.15, 0.2) is 22.7 Å². The maximum atomic E-state index is 12.2. The predicted molar refractivity (Wildman–Crippen MR) is 79.9 cm³/mol. The molecule has 1 rings (SSSR count). The summed E-state index contributed by atoms with van der Waals surface area (Å²) < 4.78 is 0.938. The number of rotatable bonds is 5. The van der Waals surface area contributed by atoms with E-state index in [1.807, 2.05) is 25.1 Å². The van der Waals surface area contributed by atoms with Crippen LogP contribution in [0.3, 0.4) is 0 Å². The maximum absolute atomic E-state index is 12.2. The topological polar surface area (TPSA) is 29.1 Å². The van der Waals surface area contributed by atoms with Gasteiger partial charge in [0.05, 0.1) is 0 Å². The van der Waals surface area contributed by atoms with Crippen LogP contribution < -0.4 is 5.32 Å². The Morgan fingerprint density at radius 1 is 1.39 bits per heavy atom. The first-order valence-corrected chi connectivity index (χ1v) is 7.30. The Bertz CT molecular complexity index is 417. The standard InChI is InChI=1S/C15H22BrNO/c1-5-10(2)8-12(4)17-15(18)14-9-13(16)7-6-11(14)3/h6-7,9-10,12H,5,8H2,1-4H3,(H,17,18). The molecule has 0 aliphatic heterocycles. The summed E-state index contributed by atoms with van der Waals surface area (Å²) in [5.41, 5.74) is 1.76. The van der Waals surface area contributed by atoms with Gasteiger partial charge in [-0.15, -0.1) is 0 Å². The van der Waals surface area contributed by atoms with E-state index in [-0.39, 0.29) is 11.9 Å². The molecule has 1 amide bonds. The lowest BCUT2D eigenvalue weighted by Crippen LogP contribution is -2.34. The van der Waals surface area contributed by atoms with Gasteiger partial charge < -0.3 is 5.32 Å². The van der Waals surface area contributed by atoms with Gasteiger partial charge >= 0.3 is 0 Å². The first kappa shape index (κ1) is 15.2. The van der Waals surface area contributed by atoms with Crippen LogP contribution in [0.2, 0.25) is 0 Å². The van der Waals surface area contributed by atoms with Gasteiger partial charge in [0, 0.05) is 16.1 Å². The lowest BCUT2D eigenvalue weighted by Gasteiger charge is -2.18. The molecule has 2 atom stereocenters. The number of hydrogen-bond donors (Lipinski definition) is 1. The summed E-state index contributed by atoms with van der Waals surface area (Å²) in [4.78, 5) is 12.2. The molecule has 0 aromatic heterocycles. The average Bonchev–Trinajstić information content (AvgIpc) is 2.31. The third kappa shape index (κ3) is 4.45. The number of hydrogen-bond acceptors (Lipinski definition) is 1. The van der Waals surface area contributed by atoms with Crippen molar-refractivity contribution < 1.29 is 4.79 Å². The molecule has 1 N–H and O–H groups in total. The molecule has 18 heavy (non-hydrogen) atoms. The zero-order valence-electron chi connectivity index (χ0n) is 11.6. The second-order valence-corrected chi connectivity index (χ2v) is 6.00. The highest BCUT2D eigenvalue weighted by molar-refractivity contribution is 9.10. The van der Waals surface area contributed by atoms with Gasteiger partial charge in [-0.25, -0.2) is 0 Å². The van der Waals surface area contributed by atoms with E-state index >= 15 is 0 Å². The monoisotopic (exact) mass is 311 g/mol. The molecule has 0 spiro atoms. The second-order valence-electron chi connectivity index (χ2n) is 5.08. The SMILES string of the molecule is CCC(C)CC(C)NC(=O)c1cc(Br)ccc1C. The van der Waals surface area contributed by atoms with Crippen LogP contribution in [0, 0.1) is 12.8 Å². The van der Waals surface area contributed by atoms with Crippen molar-refractivity contribution in [3.05, 3.63) is 33.8 Å². The first-order valence-electron chi connectivity index (χ1n) is 6.51. The van der Waals surface area contributed by atoms with Crippen molar-refractivity contribution in [3.8, 4) is 0 Å². The molecular formula is C15H22BrNO. The summed E-state index contributed by atoms with van der Waals surface area (Å²) in [7, 11) is 0. The maximum Gasteiger partial charge on any atom is 0.251 e. The van der Waals surface area contributed by atoms with Crippen LogP contribution in [0.25, 0.3) is 0 Å². The van der Waals surface area contributed by atoms with Gasteiger partial charge in [-0.05, 0) is 43.9 Å². The van der Waals surface area contributed by atoms with E-state index in [1.165, 1.54) is 0 Å². The fourth-order valence-corrected chi connectivity index (χ4v) is 2.33. The summed E-state index contributed by atoms with van der Waals surface area (Å²) >= 11 is 3.40. The summed E-state index contributed by atoms with van der Waals surface area (Å²) in [6.07, 6.45) is 2.17. The minimum atomic E-state index is 0.0182. The second kappa shape index (κ2) is 6.93. The Morgan fingerprint density at radius 2 is 2.06 bits per heavy atom. The minimum Gasteiger partial charge on any atom is -0.350 e. The first-order chi connectivity index (χ1) is 8.43. The largest absolute Gasteiger partial charge is 0.350 e. The van der Waals surface area contributed by atoms with Crippen molar-refractivity contribution in [1.82, 2.24) is 5.32 Å². The van der Waals surface area contributed by atoms with E-state index < -0.39 is 0 Å². The Kier molecular flexibility index (Phi) is 5.86. The molecule has 2 nitrogen and oxygen atoms in total. The van der Waals surface area contributed by atoms with Crippen LogP contribution in [0.5, 0.6) is 0 Å². The van der Waals surface area contributed by atoms with Crippen LogP contribution >= 0.6 is 15.9 Å². The highest BCUT2D eigenvalue weighted by Crippen LogP contribution is 2.17. The lowest BCUT2D eigenvalue weighted by atomic mass is 10.00. The molecule has 1 aromatic rings. The number of carbonyl (C=O) groups is 1. The Morgan fingerprint density at radius 3 is 2.67 bits per heavy atom. The quantitative estimate of drug-likeness (QED) is 0.862. The highest BCUT2D eigenvalue weighted by atomic mass is 79.9. The van der Waals surface area contributed by atoms with E-state index in [0.29, 0.717) is 5.92 Å². The minimum absolute atomic E-state index is 0.0182. The summed E-state index contributed by atoms with van der Waals surface area (Å²) in [5.74, 6) is 0.661. The average molecular weight is 312 g/mol. The molecule has 0 radical (unpaired) electrons. The third-order valence-electron chi connectivity index (χ3n) is 3.27. The highest BCUT2D eigenvalue weighted by Gasteiger charge is 2.14. The van der Waals surface area contributed by atoms with E-state index in [4.69, 9.17) is 0 Å². The van der Waals surface area contributed by atoms with Crippen molar-refractivity contribution in [2.45, 2.75) is 46.6 Å². The van der Waals surface area contributed by atoms with Crippen molar-refractivity contribution in [2.75, 3.05) is 0 Å². The van der Waals surface area contributed by atoms with Gasteiger partial charge in [0.15, 0.2) is 0 Å². The molecule has 100 valence electrons. The Hall–Kier alpha value is -0.830. The van der Waals surface area contributed by atoms with Gasteiger partial charge in [0.1, 0.15) is 0 Å². The fraction of sp³-hybridized carbons (Fsp3) is 0.533. The van der Waals surface area contributed by atoms with Crippen molar-refractivity contribution in [2.24, 2.45) is 5.92 Å². The Balaban J connectivity index is 2.67. The van der Waals surface area contributed by atoms with Crippen LogP contribution in [0.1, 0.15) is 49.5 Å². The third-order valence-corrected chi connectivity index (χ3v) is 3.77. The van der Waals surface area contributed by atoms with Gasteiger partial charge in [-0.3, -0.25) is 4.79 Å². The van der Waals surface area contributed by atoms with Crippen LogP contribution in [-0.4, -0.2) is 11.9 Å². The Labute approximate surface area is 118 Å².